The molecule has 0 unspecified atom stereocenters. The maximum Gasteiger partial charge on any atom is 0.302 e. The van der Waals surface area contributed by atoms with Gasteiger partial charge in [-0.2, -0.15) is 0 Å². The van der Waals surface area contributed by atoms with Gasteiger partial charge in [0.2, 0.25) is 40.2 Å². The molecule has 14 nitrogen and oxygen atoms in total. The van der Waals surface area contributed by atoms with Gasteiger partial charge in [-0.25, -0.2) is 9.69 Å². The average molecular weight is 858 g/mol. The minimum atomic E-state index is -0.794. The van der Waals surface area contributed by atoms with E-state index < -0.39 is 30.3 Å². The number of esters is 1. The number of carbonyl (C=O) groups is 2. The molecule has 2 heterocycles. The fourth-order valence-electron chi connectivity index (χ4n) is 5.38. The number of rotatable bonds is 11. The number of benzene rings is 4. The normalized spacial score (nSPS) is 12.4. The highest BCUT2D eigenvalue weighted by Crippen LogP contribution is 2.37. The van der Waals surface area contributed by atoms with E-state index in [9.17, 15) is 14.7 Å². The molecule has 0 aliphatic rings. The van der Waals surface area contributed by atoms with E-state index in [0.29, 0.717) is 55.7 Å². The smallest absolute Gasteiger partial charge is 0.302 e. The Morgan fingerprint density at radius 2 is 1.08 bits per heavy atom. The van der Waals surface area contributed by atoms with Crippen molar-refractivity contribution in [1.29, 1.82) is 0 Å². The Hall–Kier alpha value is -6.29. The molecular formula is C42H39Cl3N8O6. The second kappa shape index (κ2) is 21.5. The molecule has 6 rings (SSSR count). The number of aromatic nitrogens is 4. The lowest BCUT2D eigenvalue weighted by atomic mass is 10.1. The molecular weight excluding hydrogens is 819 g/mol. The van der Waals surface area contributed by atoms with Crippen LogP contribution in [0, 0.1) is 27.0 Å². The second-order valence-corrected chi connectivity index (χ2v) is 14.0. The number of aliphatic hydroxyl groups excluding tert-OH is 1. The van der Waals surface area contributed by atoms with Crippen LogP contribution in [0.4, 0.5) is 22.7 Å². The molecule has 0 saturated carbocycles. The Labute approximate surface area is 356 Å². The van der Waals surface area contributed by atoms with Gasteiger partial charge in [0.1, 0.15) is 18.2 Å². The van der Waals surface area contributed by atoms with Crippen molar-refractivity contribution in [1.82, 2.24) is 20.4 Å². The maximum atomic E-state index is 11.5. The van der Waals surface area contributed by atoms with Crippen LogP contribution in [0.15, 0.2) is 93.8 Å². The quantitative estimate of drug-likeness (QED) is 0.0640. The largest absolute Gasteiger partial charge is 0.460 e. The van der Waals surface area contributed by atoms with E-state index in [1.54, 1.807) is 45.0 Å². The fraction of sp³-hybridized carbons (Fsp3) is 0.238. The standard InChI is InChI=1S/C21H19ClN4O3.C19H17ClN4O2.C2H3ClO/c1-12-16(10-11-17(23-4)18(12)22)24-19(13(2)28-14(3)27)21-26-25-20(29-21)15-8-6-5-7-9-15;1-11-14(9-10-15(21-3)16(11)20)22-17(12(2)25)19-24-23-18(26-19)13-7-5-4-6-8-13;1-2(3)4/h5-11,13,19,24H,1-3H3;4-10,12,17,22,25H,1-2H3;1H3/t13-,19+;12-,17+;/m00./s1. The second-order valence-electron chi connectivity index (χ2n) is 12.8. The summed E-state index contributed by atoms with van der Waals surface area (Å²) in [6.45, 7) is 23.9. The van der Waals surface area contributed by atoms with E-state index >= 15 is 0 Å². The number of aliphatic hydroxyl groups is 1. The van der Waals surface area contributed by atoms with Crippen molar-refractivity contribution in [2.75, 3.05) is 10.6 Å². The summed E-state index contributed by atoms with van der Waals surface area (Å²) in [6, 6.07) is 24.3. The Morgan fingerprint density at radius 1 is 0.695 bits per heavy atom. The van der Waals surface area contributed by atoms with Crippen LogP contribution in [-0.2, 0) is 14.3 Å². The number of nitrogens with zero attached hydrogens (tertiary/aromatic N) is 6. The van der Waals surface area contributed by atoms with Gasteiger partial charge >= 0.3 is 5.97 Å². The molecule has 0 fully saturated rings. The summed E-state index contributed by atoms with van der Waals surface area (Å²) in [6.07, 6.45) is -1.40. The van der Waals surface area contributed by atoms with Gasteiger partial charge in [0.15, 0.2) is 0 Å². The molecule has 0 radical (unpaired) electrons. The number of ether oxygens (including phenoxy) is 1. The zero-order valence-electron chi connectivity index (χ0n) is 32.7. The van der Waals surface area contributed by atoms with Gasteiger partial charge in [-0.15, -0.1) is 20.4 Å². The number of hydrogen-bond donors (Lipinski definition) is 3. The van der Waals surface area contributed by atoms with E-state index in [2.05, 4.69) is 52.3 Å². The summed E-state index contributed by atoms with van der Waals surface area (Å²) in [5, 5.41) is 33.4. The molecule has 4 atom stereocenters. The minimum absolute atomic E-state index is 0.266. The van der Waals surface area contributed by atoms with Crippen LogP contribution in [0.3, 0.4) is 0 Å². The lowest BCUT2D eigenvalue weighted by Gasteiger charge is -2.24. The summed E-state index contributed by atoms with van der Waals surface area (Å²) in [7, 11) is 0. The third kappa shape index (κ3) is 12.4. The first-order valence-corrected chi connectivity index (χ1v) is 18.9. The van der Waals surface area contributed by atoms with E-state index in [1.807, 2.05) is 67.6 Å². The van der Waals surface area contributed by atoms with Gasteiger partial charge in [-0.05, 0) is 86.8 Å². The molecule has 0 saturated heterocycles. The van der Waals surface area contributed by atoms with Crippen LogP contribution in [-0.4, -0.2) is 48.9 Å². The van der Waals surface area contributed by atoms with Gasteiger partial charge in [-0.3, -0.25) is 9.59 Å². The average Bonchev–Trinajstić information content (AvgIpc) is 3.91. The zero-order chi connectivity index (χ0) is 43.2. The SMILES string of the molecule is CC(=O)Cl.[C-]#[N+]c1ccc(N[C@@H](c2nnc(-c3ccccc3)o2)[C@H](C)O)c(C)c1Cl.[C-]#[N+]c1ccc(N[C@@H](c2nnc(-c3ccccc3)o2)[C@H](C)OC(C)=O)c(C)c1Cl. The first-order valence-electron chi connectivity index (χ1n) is 17.8. The number of anilines is 2. The topological polar surface area (TPSA) is 174 Å². The summed E-state index contributed by atoms with van der Waals surface area (Å²) < 4.78 is 17.0. The maximum absolute atomic E-state index is 11.5. The third-order valence-electron chi connectivity index (χ3n) is 8.35. The summed E-state index contributed by atoms with van der Waals surface area (Å²) in [4.78, 5) is 27.5. The predicted octanol–water partition coefficient (Wildman–Crippen LogP) is 10.9. The molecule has 4 aromatic carbocycles. The zero-order valence-corrected chi connectivity index (χ0v) is 35.0. The molecule has 0 aliphatic heterocycles. The van der Waals surface area contributed by atoms with Gasteiger partial charge < -0.3 is 29.3 Å². The van der Waals surface area contributed by atoms with Crippen LogP contribution in [0.5, 0.6) is 0 Å². The highest BCUT2D eigenvalue weighted by molar-refractivity contribution is 6.62. The van der Waals surface area contributed by atoms with E-state index in [0.717, 1.165) is 11.1 Å². The van der Waals surface area contributed by atoms with Crippen LogP contribution in [0.1, 0.15) is 62.7 Å². The van der Waals surface area contributed by atoms with Gasteiger partial charge in [0.25, 0.3) is 0 Å². The van der Waals surface area contributed by atoms with Crippen molar-refractivity contribution in [2.45, 2.75) is 65.8 Å². The molecule has 6 aromatic rings. The lowest BCUT2D eigenvalue weighted by Crippen LogP contribution is -2.28. The van der Waals surface area contributed by atoms with E-state index in [-0.39, 0.29) is 17.0 Å². The van der Waals surface area contributed by atoms with Crippen LogP contribution in [0.25, 0.3) is 32.6 Å². The van der Waals surface area contributed by atoms with Crippen molar-refractivity contribution in [2.24, 2.45) is 0 Å². The molecule has 3 N–H and O–H groups in total. The van der Waals surface area contributed by atoms with Gasteiger partial charge in [0.05, 0.1) is 29.3 Å². The Kier molecular flexibility index (Phi) is 16.5. The number of halogens is 3. The predicted molar refractivity (Wildman–Crippen MR) is 227 cm³/mol. The first-order chi connectivity index (χ1) is 28.1. The number of nitrogens with one attached hydrogen (secondary N) is 2. The summed E-state index contributed by atoms with van der Waals surface area (Å²) >= 11 is 17.1. The molecule has 0 aliphatic carbocycles. The molecule has 0 spiro atoms. The Balaban J connectivity index is 0.000000240. The number of hydrogen-bond acceptors (Lipinski definition) is 12. The molecule has 17 heteroatoms. The molecule has 59 heavy (non-hydrogen) atoms. The fourth-order valence-corrected chi connectivity index (χ4v) is 5.79. The summed E-state index contributed by atoms with van der Waals surface area (Å²) in [5.41, 5.74) is 5.10. The van der Waals surface area contributed by atoms with Crippen molar-refractivity contribution in [3.8, 4) is 22.9 Å². The molecule has 0 bridgehead atoms. The molecule has 0 amide bonds. The van der Waals surface area contributed by atoms with Crippen molar-refractivity contribution < 1.29 is 28.3 Å². The Bertz CT molecular complexity index is 2440. The monoisotopic (exact) mass is 856 g/mol. The van der Waals surface area contributed by atoms with Gasteiger partial charge in [0, 0.05) is 36.3 Å². The molecule has 304 valence electrons. The number of carbonyl (C=O) groups excluding carboxylic acids is 2. The van der Waals surface area contributed by atoms with Crippen LogP contribution in [0.2, 0.25) is 10.0 Å². The van der Waals surface area contributed by atoms with Crippen molar-refractivity contribution in [3.05, 3.63) is 141 Å². The minimum Gasteiger partial charge on any atom is -0.460 e. The third-order valence-corrected chi connectivity index (χ3v) is 9.31. The highest BCUT2D eigenvalue weighted by atomic mass is 35.5. The first kappa shape index (κ1) is 45.4. The lowest BCUT2D eigenvalue weighted by molar-refractivity contribution is -0.146. The Morgan fingerprint density at radius 3 is 1.46 bits per heavy atom. The van der Waals surface area contributed by atoms with Crippen molar-refractivity contribution in [3.63, 3.8) is 0 Å². The highest BCUT2D eigenvalue weighted by Gasteiger charge is 2.29. The van der Waals surface area contributed by atoms with E-state index in [1.165, 1.54) is 13.8 Å². The van der Waals surface area contributed by atoms with Crippen molar-refractivity contribution >= 4 is 68.8 Å². The van der Waals surface area contributed by atoms with Crippen LogP contribution >= 0.6 is 34.8 Å². The summed E-state index contributed by atoms with van der Waals surface area (Å²) in [5.74, 6) is 0.850. The van der Waals surface area contributed by atoms with Crippen LogP contribution < -0.4 is 10.6 Å². The van der Waals surface area contributed by atoms with E-state index in [4.69, 9.17) is 49.9 Å². The van der Waals surface area contributed by atoms with Gasteiger partial charge in [-0.1, -0.05) is 71.7 Å². The molecule has 2 aromatic heterocycles.